The molecule has 0 spiro atoms. The van der Waals surface area contributed by atoms with Crippen molar-refractivity contribution in [2.24, 2.45) is 0 Å². The van der Waals surface area contributed by atoms with Crippen molar-refractivity contribution in [3.8, 4) is 6.07 Å². The number of hydrogen-bond donors (Lipinski definition) is 1. The summed E-state index contributed by atoms with van der Waals surface area (Å²) in [7, 11) is 0. The van der Waals surface area contributed by atoms with Gasteiger partial charge in [-0.3, -0.25) is 0 Å². The van der Waals surface area contributed by atoms with Crippen molar-refractivity contribution >= 4 is 11.5 Å². The third-order valence-corrected chi connectivity index (χ3v) is 3.87. The molecule has 1 aromatic carbocycles. The first-order chi connectivity index (χ1) is 10.8. The Hall–Kier alpha value is -2.68. The summed E-state index contributed by atoms with van der Waals surface area (Å²) in [5, 5.41) is 12.2. The Morgan fingerprint density at radius 1 is 1.27 bits per heavy atom. The zero-order chi connectivity index (χ0) is 15.4. The van der Waals surface area contributed by atoms with Gasteiger partial charge in [-0.15, -0.1) is 0 Å². The second-order valence-corrected chi connectivity index (χ2v) is 5.28. The van der Waals surface area contributed by atoms with Crippen LogP contribution in [0.2, 0.25) is 0 Å². The molecule has 0 saturated carbocycles. The monoisotopic (exact) mass is 297 g/mol. The maximum Gasteiger partial charge on any atom is 0.143 e. The second-order valence-electron chi connectivity index (χ2n) is 5.28. The smallest absolute Gasteiger partial charge is 0.143 e. The summed E-state index contributed by atoms with van der Waals surface area (Å²) in [4.78, 5) is 10.2. The highest BCUT2D eigenvalue weighted by Gasteiger charge is 2.20. The van der Waals surface area contributed by atoms with Crippen LogP contribution in [0.25, 0.3) is 0 Å². The van der Waals surface area contributed by atoms with Crippen LogP contribution in [0.15, 0.2) is 36.8 Å². The number of benzene rings is 1. The molecule has 6 heteroatoms. The van der Waals surface area contributed by atoms with Crippen LogP contribution >= 0.6 is 0 Å². The Morgan fingerprint density at radius 3 is 2.73 bits per heavy atom. The third-order valence-electron chi connectivity index (χ3n) is 3.87. The molecule has 1 aromatic heterocycles. The lowest BCUT2D eigenvalue weighted by Crippen LogP contribution is -2.39. The average molecular weight is 297 g/mol. The minimum Gasteiger partial charge on any atom is -0.371 e. The Labute approximate surface area is 128 Å². The predicted molar refractivity (Wildman–Crippen MR) is 82.0 cm³/mol. The zero-order valence-electron chi connectivity index (χ0n) is 12.0. The van der Waals surface area contributed by atoms with Crippen molar-refractivity contribution < 1.29 is 4.39 Å². The minimum atomic E-state index is -0.457. The summed E-state index contributed by atoms with van der Waals surface area (Å²) >= 11 is 0. The number of aromatic nitrogens is 2. The lowest BCUT2D eigenvalue weighted by molar-refractivity contribution is 0.524. The second kappa shape index (κ2) is 6.39. The molecule has 0 bridgehead atoms. The van der Waals surface area contributed by atoms with Gasteiger partial charge in [-0.2, -0.15) is 5.26 Å². The summed E-state index contributed by atoms with van der Waals surface area (Å²) in [5.41, 5.74) is 0.918. The topological polar surface area (TPSA) is 64.8 Å². The van der Waals surface area contributed by atoms with Crippen molar-refractivity contribution in [2.45, 2.75) is 18.9 Å². The van der Waals surface area contributed by atoms with Crippen LogP contribution in [-0.2, 0) is 0 Å². The van der Waals surface area contributed by atoms with Crippen LogP contribution < -0.4 is 10.2 Å². The number of piperidine rings is 1. The molecule has 1 N–H and O–H groups in total. The molecule has 1 aliphatic rings. The lowest BCUT2D eigenvalue weighted by atomic mass is 10.0. The Bertz CT molecular complexity index is 675. The van der Waals surface area contributed by atoms with Gasteiger partial charge in [0.25, 0.3) is 0 Å². The summed E-state index contributed by atoms with van der Waals surface area (Å²) in [6.45, 7) is 1.68. The molecule has 0 amide bonds. The van der Waals surface area contributed by atoms with Gasteiger partial charge >= 0.3 is 0 Å². The molecule has 0 aliphatic carbocycles. The van der Waals surface area contributed by atoms with E-state index in [-0.39, 0.29) is 5.56 Å². The lowest BCUT2D eigenvalue weighted by Gasteiger charge is -2.34. The zero-order valence-corrected chi connectivity index (χ0v) is 12.0. The fourth-order valence-electron chi connectivity index (χ4n) is 2.66. The summed E-state index contributed by atoms with van der Waals surface area (Å²) in [6.07, 6.45) is 5.14. The van der Waals surface area contributed by atoms with E-state index in [1.165, 1.54) is 18.5 Å². The molecular formula is C16H16FN5. The Kier molecular flexibility index (Phi) is 4.15. The minimum absolute atomic E-state index is 0.0871. The predicted octanol–water partition coefficient (Wildman–Crippen LogP) is 2.57. The van der Waals surface area contributed by atoms with E-state index in [1.807, 2.05) is 12.1 Å². The first-order valence-corrected chi connectivity index (χ1v) is 7.23. The van der Waals surface area contributed by atoms with Gasteiger partial charge in [0.1, 0.15) is 24.0 Å². The van der Waals surface area contributed by atoms with Crippen molar-refractivity contribution in [2.75, 3.05) is 23.3 Å². The molecule has 5 nitrogen and oxygen atoms in total. The number of anilines is 2. The van der Waals surface area contributed by atoms with Gasteiger partial charge < -0.3 is 10.2 Å². The Morgan fingerprint density at radius 2 is 2.09 bits per heavy atom. The van der Waals surface area contributed by atoms with E-state index in [9.17, 15) is 4.39 Å². The van der Waals surface area contributed by atoms with E-state index in [4.69, 9.17) is 5.26 Å². The third kappa shape index (κ3) is 3.14. The number of hydrogen-bond acceptors (Lipinski definition) is 5. The van der Waals surface area contributed by atoms with E-state index in [1.54, 1.807) is 12.3 Å². The van der Waals surface area contributed by atoms with Gasteiger partial charge in [0.05, 0.1) is 5.56 Å². The number of halogens is 1. The average Bonchev–Trinajstić information content (AvgIpc) is 2.56. The molecule has 0 atom stereocenters. The van der Waals surface area contributed by atoms with Crippen molar-refractivity contribution in [3.05, 3.63) is 48.2 Å². The normalized spacial score (nSPS) is 15.4. The molecule has 2 heterocycles. The fraction of sp³-hybridized carbons (Fsp3) is 0.312. The number of nitrogens with one attached hydrogen (secondary N) is 1. The molecule has 0 unspecified atom stereocenters. The van der Waals surface area contributed by atoms with Gasteiger partial charge in [-0.05, 0) is 37.1 Å². The number of rotatable bonds is 3. The molecule has 1 aliphatic heterocycles. The molecule has 112 valence electrons. The van der Waals surface area contributed by atoms with E-state index < -0.39 is 5.82 Å². The highest BCUT2D eigenvalue weighted by molar-refractivity contribution is 5.51. The molecule has 1 saturated heterocycles. The summed E-state index contributed by atoms with van der Waals surface area (Å²) < 4.78 is 13.7. The SMILES string of the molecule is N#Cc1ccc(N2CCC(Nc3ccncn3)CC2)cc1F. The van der Waals surface area contributed by atoms with Gasteiger partial charge in [-0.25, -0.2) is 14.4 Å². The van der Waals surface area contributed by atoms with E-state index in [0.29, 0.717) is 6.04 Å². The van der Waals surface area contributed by atoms with Gasteiger partial charge in [0, 0.05) is 31.0 Å². The first-order valence-electron chi connectivity index (χ1n) is 7.23. The molecule has 0 radical (unpaired) electrons. The number of nitriles is 1. The maximum atomic E-state index is 13.7. The standard InChI is InChI=1S/C16H16FN5/c17-15-9-14(2-1-12(15)10-18)22-7-4-13(5-8-22)21-16-3-6-19-11-20-16/h1-3,6,9,11,13H,4-5,7-8H2,(H,19,20,21). The van der Waals surface area contributed by atoms with Crippen molar-refractivity contribution in [1.29, 1.82) is 5.26 Å². The highest BCUT2D eigenvalue weighted by Crippen LogP contribution is 2.23. The largest absolute Gasteiger partial charge is 0.371 e. The van der Waals surface area contributed by atoms with Crippen LogP contribution in [0, 0.1) is 17.1 Å². The van der Waals surface area contributed by atoms with Gasteiger partial charge in [0.2, 0.25) is 0 Å². The maximum absolute atomic E-state index is 13.7. The first kappa shape index (κ1) is 14.3. The van der Waals surface area contributed by atoms with Crippen LogP contribution in [0.1, 0.15) is 18.4 Å². The summed E-state index contributed by atoms with van der Waals surface area (Å²) in [5.74, 6) is 0.374. The molecule has 22 heavy (non-hydrogen) atoms. The Balaban J connectivity index is 1.60. The van der Waals surface area contributed by atoms with Gasteiger partial charge in [-0.1, -0.05) is 0 Å². The van der Waals surface area contributed by atoms with Gasteiger partial charge in [0.15, 0.2) is 0 Å². The van der Waals surface area contributed by atoms with Crippen LogP contribution in [-0.4, -0.2) is 29.1 Å². The van der Waals surface area contributed by atoms with Crippen LogP contribution in [0.4, 0.5) is 15.9 Å². The van der Waals surface area contributed by atoms with E-state index >= 15 is 0 Å². The van der Waals surface area contributed by atoms with Crippen molar-refractivity contribution in [3.63, 3.8) is 0 Å². The summed E-state index contributed by atoms with van der Waals surface area (Å²) in [6, 6.07) is 8.83. The molecule has 1 fully saturated rings. The fourth-order valence-corrected chi connectivity index (χ4v) is 2.66. The van der Waals surface area contributed by atoms with E-state index in [0.717, 1.165) is 37.4 Å². The number of nitrogens with zero attached hydrogens (tertiary/aromatic N) is 4. The molecule has 2 aromatic rings. The quantitative estimate of drug-likeness (QED) is 0.943. The highest BCUT2D eigenvalue weighted by atomic mass is 19.1. The van der Waals surface area contributed by atoms with Crippen LogP contribution in [0.3, 0.4) is 0 Å². The molecular weight excluding hydrogens is 281 g/mol. The van der Waals surface area contributed by atoms with E-state index in [2.05, 4.69) is 20.2 Å². The van der Waals surface area contributed by atoms with Crippen LogP contribution in [0.5, 0.6) is 0 Å². The molecule has 3 rings (SSSR count). The van der Waals surface area contributed by atoms with Crippen molar-refractivity contribution in [1.82, 2.24) is 9.97 Å².